The molecular formula is C10H11N2. The van der Waals surface area contributed by atoms with Gasteiger partial charge in [-0.3, -0.25) is 0 Å². The minimum Gasteiger partial charge on any atom is -0.342 e. The molecule has 2 nitrogen and oxygen atoms in total. The molecule has 2 aromatic rings. The molecule has 1 radical (unpaired) electrons. The monoisotopic (exact) mass is 159 g/mol. The number of imidazole rings is 1. The largest absolute Gasteiger partial charge is 0.342 e. The molecule has 2 rings (SSSR count). The molecule has 0 atom stereocenters. The molecule has 0 fully saturated rings. The van der Waals surface area contributed by atoms with Crippen LogP contribution in [-0.4, -0.2) is 9.97 Å². The summed E-state index contributed by atoms with van der Waals surface area (Å²) >= 11 is 0. The first-order valence-corrected chi connectivity index (χ1v) is 4.25. The van der Waals surface area contributed by atoms with Crippen molar-refractivity contribution >= 4 is 11.0 Å². The topological polar surface area (TPSA) is 28.7 Å². The third-order valence-corrected chi connectivity index (χ3v) is 1.85. The number of aromatic nitrogens is 2. The summed E-state index contributed by atoms with van der Waals surface area (Å²) in [5.41, 5.74) is 2.03. The van der Waals surface area contributed by atoms with Crippen molar-refractivity contribution in [3.63, 3.8) is 0 Å². The number of nitrogens with zero attached hydrogens (tertiary/aromatic N) is 1. The van der Waals surface area contributed by atoms with Gasteiger partial charge in [0, 0.05) is 12.5 Å². The number of benzene rings is 1. The lowest BCUT2D eigenvalue weighted by atomic mass is 10.3. The van der Waals surface area contributed by atoms with Gasteiger partial charge in [0.25, 0.3) is 0 Å². The molecule has 1 aromatic carbocycles. The summed E-state index contributed by atoms with van der Waals surface area (Å²) in [5.74, 6) is 1.06. The van der Waals surface area contributed by atoms with Gasteiger partial charge in [-0.05, 0) is 12.5 Å². The highest BCUT2D eigenvalue weighted by molar-refractivity contribution is 5.73. The molecule has 1 heterocycles. The number of nitrogens with one attached hydrogen (secondary N) is 1. The number of H-pyrrole nitrogens is 1. The molecule has 0 bridgehead atoms. The van der Waals surface area contributed by atoms with Gasteiger partial charge in [-0.15, -0.1) is 0 Å². The number of aryl methyl sites for hydroxylation is 1. The van der Waals surface area contributed by atoms with Crippen LogP contribution in [0.1, 0.15) is 19.2 Å². The van der Waals surface area contributed by atoms with Crippen molar-refractivity contribution in [3.8, 4) is 0 Å². The smallest absolute Gasteiger partial charge is 0.107 e. The first-order chi connectivity index (χ1) is 5.90. The fraction of sp³-hybridized carbons (Fsp3) is 0.300. The maximum Gasteiger partial charge on any atom is 0.107 e. The Labute approximate surface area is 71.6 Å². The lowest BCUT2D eigenvalue weighted by molar-refractivity contribution is 0.861. The van der Waals surface area contributed by atoms with Crippen LogP contribution in [0, 0.1) is 6.07 Å². The molecule has 0 saturated heterocycles. The summed E-state index contributed by atoms with van der Waals surface area (Å²) in [6.07, 6.45) is 2.14. The Morgan fingerprint density at radius 3 is 3.25 bits per heavy atom. The molecule has 12 heavy (non-hydrogen) atoms. The fourth-order valence-corrected chi connectivity index (χ4v) is 1.30. The van der Waals surface area contributed by atoms with Gasteiger partial charge in [0.1, 0.15) is 5.82 Å². The Morgan fingerprint density at radius 2 is 2.50 bits per heavy atom. The van der Waals surface area contributed by atoms with Crippen molar-refractivity contribution in [1.29, 1.82) is 0 Å². The normalized spacial score (nSPS) is 10.8. The zero-order chi connectivity index (χ0) is 8.39. The van der Waals surface area contributed by atoms with Gasteiger partial charge in [0.15, 0.2) is 0 Å². The van der Waals surface area contributed by atoms with Crippen molar-refractivity contribution in [2.24, 2.45) is 0 Å². The molecule has 0 unspecified atom stereocenters. The number of hydrogen-bond donors (Lipinski definition) is 1. The second kappa shape index (κ2) is 2.97. The van der Waals surface area contributed by atoms with Gasteiger partial charge in [-0.2, -0.15) is 0 Å². The standard InChI is InChI=1S/C10H11N2/c1-2-5-10-11-8-6-3-4-7-9(8)12-10/h3-4,6H,2,5H2,1H3,(H,11,12). The second-order valence-electron chi connectivity index (χ2n) is 2.87. The van der Waals surface area contributed by atoms with E-state index in [4.69, 9.17) is 0 Å². The average molecular weight is 159 g/mol. The van der Waals surface area contributed by atoms with E-state index in [0.29, 0.717) is 0 Å². The number of hydrogen-bond acceptors (Lipinski definition) is 1. The predicted octanol–water partition coefficient (Wildman–Crippen LogP) is 2.32. The molecule has 2 heteroatoms. The van der Waals surface area contributed by atoms with E-state index >= 15 is 0 Å². The van der Waals surface area contributed by atoms with Crippen LogP contribution >= 0.6 is 0 Å². The van der Waals surface area contributed by atoms with Crippen LogP contribution in [0.4, 0.5) is 0 Å². The summed E-state index contributed by atoms with van der Waals surface area (Å²) in [7, 11) is 0. The van der Waals surface area contributed by atoms with E-state index in [2.05, 4.69) is 23.0 Å². The maximum atomic E-state index is 4.39. The quantitative estimate of drug-likeness (QED) is 0.715. The van der Waals surface area contributed by atoms with E-state index in [1.165, 1.54) is 0 Å². The van der Waals surface area contributed by atoms with Gasteiger partial charge in [0.05, 0.1) is 11.0 Å². The summed E-state index contributed by atoms with van der Waals surface area (Å²) in [6, 6.07) is 8.97. The Balaban J connectivity index is 2.47. The summed E-state index contributed by atoms with van der Waals surface area (Å²) in [4.78, 5) is 7.65. The van der Waals surface area contributed by atoms with Crippen molar-refractivity contribution in [2.45, 2.75) is 19.8 Å². The summed E-state index contributed by atoms with van der Waals surface area (Å²) in [5, 5.41) is 0. The highest BCUT2D eigenvalue weighted by Gasteiger charge is 1.99. The fourth-order valence-electron chi connectivity index (χ4n) is 1.30. The van der Waals surface area contributed by atoms with E-state index in [0.717, 1.165) is 29.7 Å². The van der Waals surface area contributed by atoms with Crippen LogP contribution < -0.4 is 0 Å². The first-order valence-electron chi connectivity index (χ1n) is 4.25. The van der Waals surface area contributed by atoms with Crippen LogP contribution in [0.3, 0.4) is 0 Å². The molecular weight excluding hydrogens is 148 g/mol. The molecule has 0 aliphatic rings. The maximum absolute atomic E-state index is 4.39. The molecule has 0 saturated carbocycles. The Kier molecular flexibility index (Phi) is 1.82. The zero-order valence-corrected chi connectivity index (χ0v) is 7.09. The van der Waals surface area contributed by atoms with E-state index in [9.17, 15) is 0 Å². The van der Waals surface area contributed by atoms with Crippen LogP contribution in [0.15, 0.2) is 18.2 Å². The predicted molar refractivity (Wildman–Crippen MR) is 48.9 cm³/mol. The second-order valence-corrected chi connectivity index (χ2v) is 2.87. The number of aromatic amines is 1. The van der Waals surface area contributed by atoms with Gasteiger partial charge in [-0.1, -0.05) is 19.1 Å². The number of rotatable bonds is 2. The molecule has 0 aliphatic heterocycles. The zero-order valence-electron chi connectivity index (χ0n) is 7.09. The SMILES string of the molecule is CCCc1nc2[c]cccc2[nH]1. The van der Waals surface area contributed by atoms with Crippen LogP contribution in [0.2, 0.25) is 0 Å². The number of para-hydroxylation sites is 1. The Hall–Kier alpha value is -1.31. The van der Waals surface area contributed by atoms with Crippen LogP contribution in [0.5, 0.6) is 0 Å². The van der Waals surface area contributed by atoms with Gasteiger partial charge in [0.2, 0.25) is 0 Å². The van der Waals surface area contributed by atoms with E-state index in [1.54, 1.807) is 0 Å². The average Bonchev–Trinajstić information content (AvgIpc) is 2.47. The van der Waals surface area contributed by atoms with Crippen LogP contribution in [-0.2, 0) is 6.42 Å². The Morgan fingerprint density at radius 1 is 1.58 bits per heavy atom. The van der Waals surface area contributed by atoms with Gasteiger partial charge >= 0.3 is 0 Å². The molecule has 0 aliphatic carbocycles. The third-order valence-electron chi connectivity index (χ3n) is 1.85. The minimum atomic E-state index is 0.945. The van der Waals surface area contributed by atoms with Crippen molar-refractivity contribution in [1.82, 2.24) is 9.97 Å². The van der Waals surface area contributed by atoms with Crippen molar-refractivity contribution < 1.29 is 0 Å². The van der Waals surface area contributed by atoms with Gasteiger partial charge < -0.3 is 4.98 Å². The highest BCUT2D eigenvalue weighted by atomic mass is 14.9. The lowest BCUT2D eigenvalue weighted by Crippen LogP contribution is -1.83. The summed E-state index contributed by atoms with van der Waals surface area (Å²) < 4.78 is 0. The minimum absolute atomic E-state index is 0.945. The van der Waals surface area contributed by atoms with Crippen LogP contribution in [0.25, 0.3) is 11.0 Å². The molecule has 0 amide bonds. The van der Waals surface area contributed by atoms with E-state index < -0.39 is 0 Å². The Bertz CT molecular complexity index is 343. The van der Waals surface area contributed by atoms with E-state index in [-0.39, 0.29) is 0 Å². The molecule has 1 N–H and O–H groups in total. The van der Waals surface area contributed by atoms with E-state index in [1.807, 2.05) is 18.2 Å². The van der Waals surface area contributed by atoms with Crippen molar-refractivity contribution in [2.75, 3.05) is 0 Å². The molecule has 61 valence electrons. The third kappa shape index (κ3) is 1.20. The first kappa shape index (κ1) is 7.35. The summed E-state index contributed by atoms with van der Waals surface area (Å²) in [6.45, 7) is 2.15. The lowest BCUT2D eigenvalue weighted by Gasteiger charge is -1.86. The van der Waals surface area contributed by atoms with Gasteiger partial charge in [-0.25, -0.2) is 4.98 Å². The molecule has 0 spiro atoms. The number of fused-ring (bicyclic) bond motifs is 1. The van der Waals surface area contributed by atoms with Crippen molar-refractivity contribution in [3.05, 3.63) is 30.1 Å². The highest BCUT2D eigenvalue weighted by Crippen LogP contribution is 2.10. The molecule has 1 aromatic heterocycles.